The fraction of sp³-hybridized carbons (Fsp3) is 0.750. The summed E-state index contributed by atoms with van der Waals surface area (Å²) < 4.78 is 0. The molecule has 0 amide bonds. The first-order chi connectivity index (χ1) is 3.29. The van der Waals surface area contributed by atoms with Crippen LogP contribution in [0.15, 0.2) is 0 Å². The van der Waals surface area contributed by atoms with Crippen LogP contribution < -0.4 is 10.9 Å². The summed E-state index contributed by atoms with van der Waals surface area (Å²) in [5.41, 5.74) is 5.60. The standard InChI is InChI=1S/C4H9N3.ClH/c1-3-2-4(5)7-6-3;/h3,6H,2H2,1H3,(H2,5,7);1H. The van der Waals surface area contributed by atoms with Gasteiger partial charge in [0.15, 0.2) is 0 Å². The van der Waals surface area contributed by atoms with Crippen molar-refractivity contribution in [1.82, 2.24) is 10.9 Å². The van der Waals surface area contributed by atoms with Gasteiger partial charge in [0.2, 0.25) is 0 Å². The van der Waals surface area contributed by atoms with E-state index in [0.717, 1.165) is 6.42 Å². The van der Waals surface area contributed by atoms with E-state index < -0.39 is 0 Å². The second-order valence-corrected chi connectivity index (χ2v) is 1.85. The van der Waals surface area contributed by atoms with Crippen LogP contribution >= 0.6 is 12.4 Å². The van der Waals surface area contributed by atoms with Crippen LogP contribution in [0.2, 0.25) is 0 Å². The second-order valence-electron chi connectivity index (χ2n) is 1.85. The number of hydrazine groups is 1. The zero-order chi connectivity index (χ0) is 5.28. The molecule has 0 radical (unpaired) electrons. The van der Waals surface area contributed by atoms with E-state index in [4.69, 9.17) is 5.41 Å². The van der Waals surface area contributed by atoms with Gasteiger partial charge in [0, 0.05) is 12.5 Å². The van der Waals surface area contributed by atoms with Gasteiger partial charge in [-0.1, -0.05) is 0 Å². The van der Waals surface area contributed by atoms with Crippen molar-refractivity contribution in [1.29, 1.82) is 5.41 Å². The Morgan fingerprint density at radius 1 is 1.75 bits per heavy atom. The fourth-order valence-electron chi connectivity index (χ4n) is 0.619. The van der Waals surface area contributed by atoms with Crippen molar-refractivity contribution in [3.05, 3.63) is 0 Å². The second kappa shape index (κ2) is 2.89. The van der Waals surface area contributed by atoms with Crippen LogP contribution in [0.5, 0.6) is 0 Å². The van der Waals surface area contributed by atoms with Crippen LogP contribution in [0.4, 0.5) is 0 Å². The first-order valence-corrected chi connectivity index (χ1v) is 2.38. The Hall–Kier alpha value is -0.280. The largest absolute Gasteiger partial charge is 0.309 e. The highest BCUT2D eigenvalue weighted by atomic mass is 35.5. The minimum atomic E-state index is 0. The summed E-state index contributed by atoms with van der Waals surface area (Å²) in [6.45, 7) is 2.04. The number of amidine groups is 1. The molecule has 1 rings (SSSR count). The lowest BCUT2D eigenvalue weighted by Crippen LogP contribution is -2.29. The van der Waals surface area contributed by atoms with Gasteiger partial charge in [-0.25, -0.2) is 5.43 Å². The maximum atomic E-state index is 7.01. The van der Waals surface area contributed by atoms with Crippen LogP contribution in [0.25, 0.3) is 0 Å². The van der Waals surface area contributed by atoms with Gasteiger partial charge in [0.25, 0.3) is 0 Å². The summed E-state index contributed by atoms with van der Waals surface area (Å²) >= 11 is 0. The molecule has 1 heterocycles. The van der Waals surface area contributed by atoms with Crippen molar-refractivity contribution in [3.63, 3.8) is 0 Å². The quantitative estimate of drug-likeness (QED) is 0.447. The molecule has 3 N–H and O–H groups in total. The Bertz CT molecular complexity index is 93.3. The van der Waals surface area contributed by atoms with Gasteiger partial charge in [-0.2, -0.15) is 0 Å². The lowest BCUT2D eigenvalue weighted by molar-refractivity contribution is 0.602. The number of hydrogen-bond acceptors (Lipinski definition) is 2. The lowest BCUT2D eigenvalue weighted by Gasteiger charge is -1.94. The molecular formula is C4H10ClN3. The average Bonchev–Trinajstić information content (AvgIpc) is 1.87. The highest BCUT2D eigenvalue weighted by Gasteiger charge is 2.11. The zero-order valence-corrected chi connectivity index (χ0v) is 5.51. The predicted octanol–water partition coefficient (Wildman–Crippen LogP) is 0.272. The third-order valence-electron chi connectivity index (χ3n) is 0.980. The summed E-state index contributed by atoms with van der Waals surface area (Å²) in [6, 6.07) is 0.437. The molecule has 8 heavy (non-hydrogen) atoms. The Morgan fingerprint density at radius 2 is 2.38 bits per heavy atom. The average molecular weight is 136 g/mol. The molecule has 0 bridgehead atoms. The highest BCUT2D eigenvalue weighted by molar-refractivity contribution is 5.85. The van der Waals surface area contributed by atoms with Gasteiger partial charge in [-0.15, -0.1) is 12.4 Å². The predicted molar refractivity (Wildman–Crippen MR) is 35.3 cm³/mol. The van der Waals surface area contributed by atoms with Gasteiger partial charge in [0.05, 0.1) is 0 Å². The van der Waals surface area contributed by atoms with Crippen molar-refractivity contribution in [3.8, 4) is 0 Å². The van der Waals surface area contributed by atoms with Crippen LogP contribution in [0.1, 0.15) is 13.3 Å². The first-order valence-electron chi connectivity index (χ1n) is 2.38. The van der Waals surface area contributed by atoms with E-state index in [9.17, 15) is 0 Å². The van der Waals surface area contributed by atoms with E-state index in [1.807, 2.05) is 6.92 Å². The molecule has 0 aliphatic carbocycles. The topological polar surface area (TPSA) is 47.9 Å². The molecule has 1 atom stereocenters. The van der Waals surface area contributed by atoms with Crippen molar-refractivity contribution in [2.24, 2.45) is 0 Å². The monoisotopic (exact) mass is 135 g/mol. The zero-order valence-electron chi connectivity index (χ0n) is 4.69. The van der Waals surface area contributed by atoms with Crippen LogP contribution in [0, 0.1) is 5.41 Å². The van der Waals surface area contributed by atoms with E-state index in [1.165, 1.54) is 0 Å². The molecule has 0 aromatic rings. The third kappa shape index (κ3) is 1.68. The van der Waals surface area contributed by atoms with Crippen molar-refractivity contribution >= 4 is 18.2 Å². The van der Waals surface area contributed by atoms with Crippen LogP contribution in [-0.2, 0) is 0 Å². The molecule has 1 aliphatic rings. The first kappa shape index (κ1) is 7.72. The number of nitrogens with one attached hydrogen (secondary N) is 3. The van der Waals surface area contributed by atoms with Crippen LogP contribution in [-0.4, -0.2) is 11.9 Å². The Morgan fingerprint density at radius 3 is 2.50 bits per heavy atom. The molecule has 0 aromatic heterocycles. The summed E-state index contributed by atoms with van der Waals surface area (Å²) in [6.07, 6.45) is 0.833. The van der Waals surface area contributed by atoms with Gasteiger partial charge >= 0.3 is 0 Å². The molecular weight excluding hydrogens is 126 g/mol. The van der Waals surface area contributed by atoms with E-state index in [0.29, 0.717) is 11.9 Å². The SMILES string of the molecule is CC1CC(=N)NN1.Cl. The molecule has 48 valence electrons. The third-order valence-corrected chi connectivity index (χ3v) is 0.980. The molecule has 3 nitrogen and oxygen atoms in total. The van der Waals surface area contributed by atoms with Gasteiger partial charge < -0.3 is 5.43 Å². The van der Waals surface area contributed by atoms with Crippen molar-refractivity contribution in [2.45, 2.75) is 19.4 Å². The normalized spacial score (nSPS) is 26.6. The number of rotatable bonds is 0. The molecule has 0 aromatic carbocycles. The molecule has 1 unspecified atom stereocenters. The Labute approximate surface area is 54.7 Å². The van der Waals surface area contributed by atoms with Gasteiger partial charge in [0.1, 0.15) is 5.84 Å². The minimum Gasteiger partial charge on any atom is -0.309 e. The summed E-state index contributed by atoms with van der Waals surface area (Å²) in [7, 11) is 0. The summed E-state index contributed by atoms with van der Waals surface area (Å²) in [4.78, 5) is 0. The van der Waals surface area contributed by atoms with Gasteiger partial charge in [-0.3, -0.25) is 5.41 Å². The number of halogens is 1. The van der Waals surface area contributed by atoms with Crippen molar-refractivity contribution in [2.75, 3.05) is 0 Å². The molecule has 0 spiro atoms. The molecule has 1 saturated heterocycles. The van der Waals surface area contributed by atoms with E-state index in [2.05, 4.69) is 10.9 Å². The molecule has 1 fully saturated rings. The van der Waals surface area contributed by atoms with Gasteiger partial charge in [-0.05, 0) is 6.92 Å². The Balaban J connectivity index is 0.000000490. The summed E-state index contributed by atoms with van der Waals surface area (Å²) in [5, 5.41) is 7.01. The summed E-state index contributed by atoms with van der Waals surface area (Å²) in [5.74, 6) is 0.590. The molecule has 1 aliphatic heterocycles. The highest BCUT2D eigenvalue weighted by Crippen LogP contribution is 1.93. The van der Waals surface area contributed by atoms with E-state index in [-0.39, 0.29) is 12.4 Å². The van der Waals surface area contributed by atoms with E-state index >= 15 is 0 Å². The molecule has 0 saturated carbocycles. The maximum Gasteiger partial charge on any atom is 0.109 e. The number of hydrogen-bond donors (Lipinski definition) is 3. The van der Waals surface area contributed by atoms with E-state index in [1.54, 1.807) is 0 Å². The fourth-order valence-corrected chi connectivity index (χ4v) is 0.619. The minimum absolute atomic E-state index is 0. The lowest BCUT2D eigenvalue weighted by atomic mass is 10.3. The molecule has 4 heteroatoms. The van der Waals surface area contributed by atoms with Crippen LogP contribution in [0.3, 0.4) is 0 Å². The van der Waals surface area contributed by atoms with Crippen molar-refractivity contribution < 1.29 is 0 Å². The smallest absolute Gasteiger partial charge is 0.109 e. The Kier molecular flexibility index (Phi) is 2.79. The maximum absolute atomic E-state index is 7.01.